The Bertz CT molecular complexity index is 313. The number of rotatable bonds is 5. The molecule has 1 saturated heterocycles. The molecule has 104 valence electrons. The lowest BCUT2D eigenvalue weighted by Crippen LogP contribution is -2.66. The second-order valence-corrected chi connectivity index (χ2v) is 5.28. The van der Waals surface area contributed by atoms with E-state index >= 15 is 0 Å². The van der Waals surface area contributed by atoms with Crippen LogP contribution in [-0.2, 0) is 9.59 Å². The van der Waals surface area contributed by atoms with Crippen molar-refractivity contribution in [3.63, 3.8) is 0 Å². The van der Waals surface area contributed by atoms with Crippen molar-refractivity contribution >= 4 is 11.8 Å². The van der Waals surface area contributed by atoms with Gasteiger partial charge in [0.25, 0.3) is 0 Å². The van der Waals surface area contributed by atoms with E-state index in [4.69, 9.17) is 0 Å². The minimum absolute atomic E-state index is 0.00310. The molecular weight excluding hydrogens is 228 g/mol. The van der Waals surface area contributed by atoms with Crippen LogP contribution in [-0.4, -0.2) is 34.8 Å². The molecular formula is C14H26N2O2. The second-order valence-electron chi connectivity index (χ2n) is 5.28. The van der Waals surface area contributed by atoms with E-state index in [0.29, 0.717) is 0 Å². The Labute approximate surface area is 110 Å². The van der Waals surface area contributed by atoms with Crippen molar-refractivity contribution in [1.82, 2.24) is 10.2 Å². The Morgan fingerprint density at radius 3 is 2.17 bits per heavy atom. The van der Waals surface area contributed by atoms with Crippen molar-refractivity contribution in [2.24, 2.45) is 5.92 Å². The Morgan fingerprint density at radius 2 is 1.72 bits per heavy atom. The zero-order valence-corrected chi connectivity index (χ0v) is 12.2. The molecule has 3 atom stereocenters. The van der Waals surface area contributed by atoms with E-state index < -0.39 is 6.04 Å². The van der Waals surface area contributed by atoms with Gasteiger partial charge in [-0.05, 0) is 25.7 Å². The molecule has 1 fully saturated rings. The van der Waals surface area contributed by atoms with Gasteiger partial charge in [-0.25, -0.2) is 0 Å². The van der Waals surface area contributed by atoms with Crippen molar-refractivity contribution in [2.75, 3.05) is 0 Å². The lowest BCUT2D eigenvalue weighted by atomic mass is 9.91. The molecule has 0 aromatic carbocycles. The molecule has 1 aliphatic heterocycles. The molecule has 0 aromatic rings. The maximum atomic E-state index is 12.4. The Hall–Kier alpha value is -1.06. The molecule has 18 heavy (non-hydrogen) atoms. The van der Waals surface area contributed by atoms with Crippen LogP contribution in [0.3, 0.4) is 0 Å². The van der Waals surface area contributed by atoms with Gasteiger partial charge in [-0.1, -0.05) is 34.1 Å². The highest BCUT2D eigenvalue weighted by molar-refractivity contribution is 5.97. The summed E-state index contributed by atoms with van der Waals surface area (Å²) in [5.74, 6) is 0.263. The van der Waals surface area contributed by atoms with Gasteiger partial charge in [0, 0.05) is 6.04 Å². The normalized spacial score (nSPS) is 26.4. The van der Waals surface area contributed by atoms with Crippen molar-refractivity contribution in [1.29, 1.82) is 0 Å². The number of nitrogens with zero attached hydrogens (tertiary/aromatic N) is 1. The molecule has 2 amide bonds. The van der Waals surface area contributed by atoms with E-state index in [2.05, 4.69) is 26.1 Å². The van der Waals surface area contributed by atoms with Gasteiger partial charge in [-0.3, -0.25) is 9.59 Å². The van der Waals surface area contributed by atoms with Crippen molar-refractivity contribution in [3.05, 3.63) is 0 Å². The van der Waals surface area contributed by atoms with E-state index in [9.17, 15) is 9.59 Å². The van der Waals surface area contributed by atoms with Crippen LogP contribution in [0, 0.1) is 5.92 Å². The molecule has 4 nitrogen and oxygen atoms in total. The highest BCUT2D eigenvalue weighted by Crippen LogP contribution is 2.24. The average Bonchev–Trinajstić information content (AvgIpc) is 2.35. The molecule has 1 heterocycles. The van der Waals surface area contributed by atoms with Crippen LogP contribution in [0.5, 0.6) is 0 Å². The summed E-state index contributed by atoms with van der Waals surface area (Å²) in [7, 11) is 0. The highest BCUT2D eigenvalue weighted by Gasteiger charge is 2.43. The molecule has 0 bridgehead atoms. The Balaban J connectivity index is 3.08. The van der Waals surface area contributed by atoms with Gasteiger partial charge in [0.15, 0.2) is 0 Å². The quantitative estimate of drug-likeness (QED) is 0.815. The number of hydrogen-bond donors (Lipinski definition) is 1. The fourth-order valence-corrected chi connectivity index (χ4v) is 2.69. The average molecular weight is 254 g/mol. The van der Waals surface area contributed by atoms with Gasteiger partial charge < -0.3 is 10.2 Å². The summed E-state index contributed by atoms with van der Waals surface area (Å²) in [6, 6.07) is -0.521. The molecule has 0 spiro atoms. The minimum atomic E-state index is -0.390. The second kappa shape index (κ2) is 6.21. The molecule has 0 aromatic heterocycles. The molecule has 1 N–H and O–H groups in total. The lowest BCUT2D eigenvalue weighted by Gasteiger charge is -2.44. The molecule has 3 unspecified atom stereocenters. The van der Waals surface area contributed by atoms with E-state index in [-0.39, 0.29) is 29.8 Å². The molecule has 4 heteroatoms. The third-order valence-corrected chi connectivity index (χ3v) is 4.07. The van der Waals surface area contributed by atoms with E-state index in [1.807, 2.05) is 11.8 Å². The predicted octanol–water partition coefficient (Wildman–Crippen LogP) is 1.94. The SMILES string of the molecule is CCC(C)C1C(=O)NC(C)C(=O)N1C(CC)CC. The first-order valence-electron chi connectivity index (χ1n) is 7.10. The van der Waals surface area contributed by atoms with Gasteiger partial charge in [0.05, 0.1) is 0 Å². The summed E-state index contributed by atoms with van der Waals surface area (Å²) in [5.41, 5.74) is 0. The van der Waals surface area contributed by atoms with Crippen LogP contribution in [0.4, 0.5) is 0 Å². The van der Waals surface area contributed by atoms with Crippen molar-refractivity contribution in [2.45, 2.75) is 72.0 Å². The van der Waals surface area contributed by atoms with Crippen LogP contribution in [0.15, 0.2) is 0 Å². The summed E-state index contributed by atoms with van der Waals surface area (Å²) in [6.45, 7) is 10.0. The fourth-order valence-electron chi connectivity index (χ4n) is 2.69. The van der Waals surface area contributed by atoms with Crippen LogP contribution in [0.1, 0.15) is 53.9 Å². The summed E-state index contributed by atoms with van der Waals surface area (Å²) in [5, 5.41) is 2.80. The number of hydrogen-bond acceptors (Lipinski definition) is 2. The van der Waals surface area contributed by atoms with Crippen LogP contribution in [0.25, 0.3) is 0 Å². The summed E-state index contributed by atoms with van der Waals surface area (Å²) in [4.78, 5) is 26.4. The third kappa shape index (κ3) is 2.68. The van der Waals surface area contributed by atoms with Gasteiger partial charge in [-0.15, -0.1) is 0 Å². The first-order valence-corrected chi connectivity index (χ1v) is 7.10. The van der Waals surface area contributed by atoms with E-state index in [1.165, 1.54) is 0 Å². The van der Waals surface area contributed by atoms with Gasteiger partial charge >= 0.3 is 0 Å². The molecule has 0 radical (unpaired) electrons. The highest BCUT2D eigenvalue weighted by atomic mass is 16.2. The predicted molar refractivity (Wildman–Crippen MR) is 72.1 cm³/mol. The zero-order valence-electron chi connectivity index (χ0n) is 12.2. The standard InChI is InChI=1S/C14H26N2O2/c1-6-9(4)12-13(17)15-10(5)14(18)16(12)11(7-2)8-3/h9-12H,6-8H2,1-5H3,(H,15,17). The molecule has 0 saturated carbocycles. The van der Waals surface area contributed by atoms with Crippen LogP contribution in [0.2, 0.25) is 0 Å². The maximum Gasteiger partial charge on any atom is 0.245 e. The molecule has 1 rings (SSSR count). The zero-order chi connectivity index (χ0) is 13.9. The first kappa shape index (κ1) is 15.0. The van der Waals surface area contributed by atoms with Gasteiger partial charge in [0.1, 0.15) is 12.1 Å². The number of piperazine rings is 1. The summed E-state index contributed by atoms with van der Waals surface area (Å²) < 4.78 is 0. The minimum Gasteiger partial charge on any atom is -0.343 e. The third-order valence-electron chi connectivity index (χ3n) is 4.07. The van der Waals surface area contributed by atoms with Gasteiger partial charge in [0.2, 0.25) is 11.8 Å². The summed E-state index contributed by atoms with van der Waals surface area (Å²) in [6.07, 6.45) is 2.70. The van der Waals surface area contributed by atoms with E-state index in [0.717, 1.165) is 19.3 Å². The number of carbonyl (C=O) groups is 2. The Kier molecular flexibility index (Phi) is 5.17. The largest absolute Gasteiger partial charge is 0.343 e. The van der Waals surface area contributed by atoms with Crippen LogP contribution < -0.4 is 5.32 Å². The molecule has 0 aliphatic carbocycles. The number of carbonyl (C=O) groups excluding carboxylic acids is 2. The number of amides is 2. The smallest absolute Gasteiger partial charge is 0.245 e. The first-order chi connectivity index (χ1) is 8.47. The molecule has 1 aliphatic rings. The Morgan fingerprint density at radius 1 is 1.17 bits per heavy atom. The number of nitrogens with one attached hydrogen (secondary N) is 1. The van der Waals surface area contributed by atoms with Crippen molar-refractivity contribution in [3.8, 4) is 0 Å². The van der Waals surface area contributed by atoms with Gasteiger partial charge in [-0.2, -0.15) is 0 Å². The lowest BCUT2D eigenvalue weighted by molar-refractivity contribution is -0.154. The monoisotopic (exact) mass is 254 g/mol. The maximum absolute atomic E-state index is 12.4. The van der Waals surface area contributed by atoms with Crippen molar-refractivity contribution < 1.29 is 9.59 Å². The topological polar surface area (TPSA) is 49.4 Å². The van der Waals surface area contributed by atoms with E-state index in [1.54, 1.807) is 6.92 Å². The van der Waals surface area contributed by atoms with Crippen LogP contribution >= 0.6 is 0 Å². The summed E-state index contributed by atoms with van der Waals surface area (Å²) >= 11 is 0. The fraction of sp³-hybridized carbons (Fsp3) is 0.857.